The molecule has 5 heteroatoms. The van der Waals surface area contributed by atoms with Crippen LogP contribution in [0.15, 0.2) is 18.2 Å². The van der Waals surface area contributed by atoms with Gasteiger partial charge in [0.25, 0.3) is 0 Å². The predicted molar refractivity (Wildman–Crippen MR) is 125 cm³/mol. The Labute approximate surface area is 189 Å². The Morgan fingerprint density at radius 3 is 2.48 bits per heavy atom. The molecule has 3 aliphatic rings. The lowest BCUT2D eigenvalue weighted by Gasteiger charge is -2.38. The van der Waals surface area contributed by atoms with E-state index in [2.05, 4.69) is 21.9 Å². The predicted octanol–water partition coefficient (Wildman–Crippen LogP) is 4.73. The number of hydrogen-bond donors (Lipinski definition) is 0. The third kappa shape index (κ3) is 6.36. The average molecular weight is 431 g/mol. The quantitative estimate of drug-likeness (QED) is 0.536. The molecule has 31 heavy (non-hydrogen) atoms. The van der Waals surface area contributed by atoms with E-state index in [1.807, 2.05) is 13.0 Å². The molecule has 1 unspecified atom stereocenters. The van der Waals surface area contributed by atoms with Crippen molar-refractivity contribution >= 4 is 0 Å². The fourth-order valence-corrected chi connectivity index (χ4v) is 5.76. The minimum absolute atomic E-state index is 0.392. The van der Waals surface area contributed by atoms with Crippen LogP contribution in [0.1, 0.15) is 63.9 Å². The molecular formula is C26H42N2O3. The molecule has 1 aromatic carbocycles. The molecule has 0 bridgehead atoms. The second-order valence-corrected chi connectivity index (χ2v) is 9.66. The molecule has 0 spiro atoms. The molecule has 2 heterocycles. The second kappa shape index (κ2) is 11.5. The lowest BCUT2D eigenvalue weighted by atomic mass is 9.94. The fourth-order valence-electron chi connectivity index (χ4n) is 5.76. The molecule has 5 nitrogen and oxygen atoms in total. The van der Waals surface area contributed by atoms with Crippen LogP contribution in [0.25, 0.3) is 0 Å². The minimum atomic E-state index is 0.392. The van der Waals surface area contributed by atoms with Crippen molar-refractivity contribution < 1.29 is 14.2 Å². The van der Waals surface area contributed by atoms with Crippen molar-refractivity contribution in [1.29, 1.82) is 0 Å². The van der Waals surface area contributed by atoms with Gasteiger partial charge in [-0.3, -0.25) is 4.90 Å². The second-order valence-electron chi connectivity index (χ2n) is 9.66. The summed E-state index contributed by atoms with van der Waals surface area (Å²) in [5.74, 6) is 2.46. The highest BCUT2D eigenvalue weighted by atomic mass is 16.5. The number of rotatable bonds is 10. The highest BCUT2D eigenvalue weighted by Crippen LogP contribution is 2.31. The van der Waals surface area contributed by atoms with Gasteiger partial charge in [-0.05, 0) is 82.2 Å². The van der Waals surface area contributed by atoms with Crippen LogP contribution in [0.3, 0.4) is 0 Å². The van der Waals surface area contributed by atoms with Gasteiger partial charge in [0.15, 0.2) is 11.5 Å². The molecule has 0 radical (unpaired) electrons. The maximum absolute atomic E-state index is 6.00. The van der Waals surface area contributed by atoms with Crippen LogP contribution in [0.5, 0.6) is 11.5 Å². The monoisotopic (exact) mass is 430 g/mol. The van der Waals surface area contributed by atoms with Crippen LogP contribution >= 0.6 is 0 Å². The summed E-state index contributed by atoms with van der Waals surface area (Å²) in [6.07, 6.45) is 11.2. The molecule has 1 aromatic rings. The van der Waals surface area contributed by atoms with E-state index < -0.39 is 0 Å². The van der Waals surface area contributed by atoms with Crippen molar-refractivity contribution in [3.8, 4) is 11.5 Å². The molecule has 2 aliphatic heterocycles. The third-order valence-electron chi connectivity index (χ3n) is 7.43. The Morgan fingerprint density at radius 2 is 1.81 bits per heavy atom. The first kappa shape index (κ1) is 22.9. The summed E-state index contributed by atoms with van der Waals surface area (Å²) in [4.78, 5) is 5.43. The van der Waals surface area contributed by atoms with Crippen molar-refractivity contribution in [2.45, 2.75) is 77.0 Å². The first-order chi connectivity index (χ1) is 15.2. The highest BCUT2D eigenvalue weighted by Gasteiger charge is 2.29. The number of piperidine rings is 1. The number of nitrogens with zero attached hydrogens (tertiary/aromatic N) is 2. The maximum Gasteiger partial charge on any atom is 0.161 e. The van der Waals surface area contributed by atoms with Gasteiger partial charge < -0.3 is 19.1 Å². The van der Waals surface area contributed by atoms with Crippen LogP contribution < -0.4 is 9.47 Å². The van der Waals surface area contributed by atoms with Crippen molar-refractivity contribution in [2.75, 3.05) is 46.5 Å². The standard InChI is InChI=1S/C26H42N2O3/c1-3-30-26-17-22(10-11-25(26)29-2)19-27(20-24-9-6-16-31-24)18-21-12-14-28(15-13-21)23-7-4-5-8-23/h10-11,17,21,23-24H,3-9,12-16,18-20H2,1-2H3. The number of hydrogen-bond acceptors (Lipinski definition) is 5. The van der Waals surface area contributed by atoms with Gasteiger partial charge in [0.2, 0.25) is 0 Å². The van der Waals surface area contributed by atoms with Crippen molar-refractivity contribution in [3.05, 3.63) is 23.8 Å². The van der Waals surface area contributed by atoms with Gasteiger partial charge >= 0.3 is 0 Å². The first-order valence-corrected chi connectivity index (χ1v) is 12.6. The van der Waals surface area contributed by atoms with Gasteiger partial charge in [-0.2, -0.15) is 0 Å². The molecule has 4 rings (SSSR count). The number of methoxy groups -OCH3 is 1. The van der Waals surface area contributed by atoms with Crippen LogP contribution in [-0.4, -0.2) is 68.4 Å². The largest absolute Gasteiger partial charge is 0.493 e. The van der Waals surface area contributed by atoms with Gasteiger partial charge in [0.05, 0.1) is 19.8 Å². The normalized spacial score (nSPS) is 23.6. The lowest BCUT2D eigenvalue weighted by molar-refractivity contribution is 0.0539. The molecule has 1 aliphatic carbocycles. The molecule has 0 amide bonds. The van der Waals surface area contributed by atoms with Gasteiger partial charge in [0.1, 0.15) is 0 Å². The van der Waals surface area contributed by atoms with E-state index in [-0.39, 0.29) is 0 Å². The SMILES string of the molecule is CCOc1cc(CN(CC2CCN(C3CCCC3)CC2)CC2CCCO2)ccc1OC. The third-order valence-corrected chi connectivity index (χ3v) is 7.43. The summed E-state index contributed by atoms with van der Waals surface area (Å²) in [5.41, 5.74) is 1.30. The van der Waals surface area contributed by atoms with E-state index in [0.29, 0.717) is 12.7 Å². The van der Waals surface area contributed by atoms with E-state index in [1.165, 1.54) is 76.6 Å². The molecule has 1 atom stereocenters. The zero-order valence-corrected chi connectivity index (χ0v) is 19.7. The topological polar surface area (TPSA) is 34.2 Å². The van der Waals surface area contributed by atoms with Crippen molar-refractivity contribution in [2.24, 2.45) is 5.92 Å². The van der Waals surface area contributed by atoms with E-state index >= 15 is 0 Å². The summed E-state index contributed by atoms with van der Waals surface area (Å²) >= 11 is 0. The molecule has 3 fully saturated rings. The van der Waals surface area contributed by atoms with Crippen LogP contribution in [0.2, 0.25) is 0 Å². The maximum atomic E-state index is 6.00. The van der Waals surface area contributed by atoms with Gasteiger partial charge in [0, 0.05) is 32.3 Å². The zero-order valence-electron chi connectivity index (χ0n) is 19.7. The van der Waals surface area contributed by atoms with Crippen LogP contribution in [0, 0.1) is 5.92 Å². The number of ether oxygens (including phenoxy) is 3. The van der Waals surface area contributed by atoms with Crippen molar-refractivity contribution in [1.82, 2.24) is 9.80 Å². The summed E-state index contributed by atoms with van der Waals surface area (Å²) in [5, 5.41) is 0. The Hall–Kier alpha value is -1.30. The Balaban J connectivity index is 1.37. The molecular weight excluding hydrogens is 388 g/mol. The summed E-state index contributed by atoms with van der Waals surface area (Å²) in [7, 11) is 1.71. The van der Waals surface area contributed by atoms with Gasteiger partial charge in [-0.1, -0.05) is 18.9 Å². The van der Waals surface area contributed by atoms with Crippen LogP contribution in [-0.2, 0) is 11.3 Å². The Kier molecular flexibility index (Phi) is 8.51. The molecule has 1 saturated carbocycles. The zero-order chi connectivity index (χ0) is 21.5. The summed E-state index contributed by atoms with van der Waals surface area (Å²) in [6, 6.07) is 7.27. The summed E-state index contributed by atoms with van der Waals surface area (Å²) in [6.45, 7) is 9.35. The van der Waals surface area contributed by atoms with E-state index in [0.717, 1.165) is 43.2 Å². The minimum Gasteiger partial charge on any atom is -0.493 e. The molecule has 0 N–H and O–H groups in total. The van der Waals surface area contributed by atoms with E-state index in [1.54, 1.807) is 7.11 Å². The van der Waals surface area contributed by atoms with E-state index in [4.69, 9.17) is 14.2 Å². The van der Waals surface area contributed by atoms with Gasteiger partial charge in [-0.15, -0.1) is 0 Å². The first-order valence-electron chi connectivity index (χ1n) is 12.6. The lowest BCUT2D eigenvalue weighted by Crippen LogP contribution is -2.43. The Bertz CT molecular complexity index is 663. The van der Waals surface area contributed by atoms with Gasteiger partial charge in [-0.25, -0.2) is 0 Å². The molecule has 174 valence electrons. The Morgan fingerprint density at radius 1 is 1.00 bits per heavy atom. The van der Waals surface area contributed by atoms with E-state index in [9.17, 15) is 0 Å². The smallest absolute Gasteiger partial charge is 0.161 e. The van der Waals surface area contributed by atoms with Crippen LogP contribution in [0.4, 0.5) is 0 Å². The molecule has 0 aromatic heterocycles. The molecule has 2 saturated heterocycles. The number of likely N-dealkylation sites (tertiary alicyclic amines) is 1. The summed E-state index contributed by atoms with van der Waals surface area (Å²) < 4.78 is 17.3. The van der Waals surface area contributed by atoms with Crippen molar-refractivity contribution in [3.63, 3.8) is 0 Å². The number of benzene rings is 1. The highest BCUT2D eigenvalue weighted by molar-refractivity contribution is 5.43. The fraction of sp³-hybridized carbons (Fsp3) is 0.769. The average Bonchev–Trinajstić information content (AvgIpc) is 3.49.